The Morgan fingerprint density at radius 3 is 2.86 bits per heavy atom. The van der Waals surface area contributed by atoms with Gasteiger partial charge in [0.1, 0.15) is 5.82 Å². The summed E-state index contributed by atoms with van der Waals surface area (Å²) in [6, 6.07) is 1.29. The lowest BCUT2D eigenvalue weighted by molar-refractivity contribution is 0.628. The molecule has 1 aromatic carbocycles. The van der Waals surface area contributed by atoms with Crippen LogP contribution in [0, 0.1) is 11.2 Å². The number of nitrogens with one attached hydrogen (secondary N) is 2. The SMILES string of the molecule is N=Cc1c(NPI)cc(F)c(Cl)c1Br. The van der Waals surface area contributed by atoms with E-state index in [9.17, 15) is 4.39 Å². The zero-order valence-electron chi connectivity index (χ0n) is 6.67. The normalized spacial score (nSPS) is 10.9. The van der Waals surface area contributed by atoms with E-state index in [2.05, 4.69) is 43.1 Å². The molecule has 0 radical (unpaired) electrons. The predicted molar refractivity (Wildman–Crippen MR) is 73.0 cm³/mol. The lowest BCUT2D eigenvalue weighted by Crippen LogP contribution is -1.94. The molecule has 2 N–H and O–H groups in total. The average Bonchev–Trinajstić information content (AvgIpc) is 2.16. The second kappa shape index (κ2) is 5.58. The van der Waals surface area contributed by atoms with Crippen LogP contribution < -0.4 is 5.09 Å². The third-order valence-electron chi connectivity index (χ3n) is 1.53. The summed E-state index contributed by atoms with van der Waals surface area (Å²) < 4.78 is 13.6. The monoisotopic (exact) mass is 408 g/mol. The van der Waals surface area contributed by atoms with E-state index in [1.807, 2.05) is 0 Å². The second-order valence-corrected chi connectivity index (χ2v) is 5.54. The largest absolute Gasteiger partial charge is 0.358 e. The quantitative estimate of drug-likeness (QED) is 0.326. The third-order valence-corrected chi connectivity index (χ3v) is 4.12. The summed E-state index contributed by atoms with van der Waals surface area (Å²) in [6.45, 7) is 0. The summed E-state index contributed by atoms with van der Waals surface area (Å²) in [6.07, 6.45) is 1.54. The highest BCUT2D eigenvalue weighted by Gasteiger charge is 2.13. The molecule has 0 aliphatic heterocycles. The van der Waals surface area contributed by atoms with E-state index in [0.717, 1.165) is 6.21 Å². The van der Waals surface area contributed by atoms with E-state index in [-0.39, 0.29) is 5.02 Å². The van der Waals surface area contributed by atoms with E-state index in [1.54, 1.807) is 0 Å². The molecule has 0 saturated carbocycles. The molecule has 7 heteroatoms. The minimum absolute atomic E-state index is 0.00541. The molecule has 1 rings (SSSR count). The van der Waals surface area contributed by atoms with E-state index < -0.39 is 5.82 Å². The van der Waals surface area contributed by atoms with E-state index in [4.69, 9.17) is 17.0 Å². The van der Waals surface area contributed by atoms with Crippen molar-refractivity contribution in [1.29, 1.82) is 5.41 Å². The third kappa shape index (κ3) is 2.56. The maximum Gasteiger partial charge on any atom is 0.145 e. The standard InChI is InChI=1S/C7H5BrClFIN2P/c8-6-3(2-12)5(13-14-11)1-4(10)7(6)9/h1-2,12-14H. The molecular weight excluding hydrogens is 404 g/mol. The highest BCUT2D eigenvalue weighted by Crippen LogP contribution is 2.36. The highest BCUT2D eigenvalue weighted by atomic mass is 127. The molecule has 14 heavy (non-hydrogen) atoms. The molecule has 0 aliphatic carbocycles. The molecule has 0 bridgehead atoms. The first kappa shape index (κ1) is 12.6. The summed E-state index contributed by atoms with van der Waals surface area (Å²) in [5.74, 6) is -0.499. The summed E-state index contributed by atoms with van der Waals surface area (Å²) >= 11 is 11.0. The van der Waals surface area contributed by atoms with Crippen molar-refractivity contribution in [3.05, 3.63) is 26.9 Å². The number of hydrogen-bond acceptors (Lipinski definition) is 2. The average molecular weight is 409 g/mol. The molecule has 0 aliphatic rings. The molecule has 0 saturated heterocycles. The molecule has 0 spiro atoms. The van der Waals surface area contributed by atoms with Gasteiger partial charge in [0.15, 0.2) is 0 Å². The van der Waals surface area contributed by atoms with Crippen molar-refractivity contribution in [2.75, 3.05) is 5.09 Å². The van der Waals surface area contributed by atoms with Gasteiger partial charge in [-0.3, -0.25) is 0 Å². The first-order valence-corrected chi connectivity index (χ1v) is 8.70. The van der Waals surface area contributed by atoms with Crippen LogP contribution in [0.1, 0.15) is 5.56 Å². The van der Waals surface area contributed by atoms with Crippen molar-refractivity contribution < 1.29 is 4.39 Å². The maximum atomic E-state index is 13.2. The van der Waals surface area contributed by atoms with E-state index >= 15 is 0 Å². The molecule has 2 nitrogen and oxygen atoms in total. The minimum Gasteiger partial charge on any atom is -0.358 e. The zero-order valence-corrected chi connectivity index (χ0v) is 12.2. The van der Waals surface area contributed by atoms with Crippen molar-refractivity contribution in [3.8, 4) is 0 Å². The highest BCUT2D eigenvalue weighted by molar-refractivity contribution is 14.2. The summed E-state index contributed by atoms with van der Waals surface area (Å²) in [7, 11) is 0. The zero-order chi connectivity index (χ0) is 10.7. The van der Waals surface area contributed by atoms with Crippen molar-refractivity contribution in [1.82, 2.24) is 0 Å². The molecule has 0 heterocycles. The molecule has 76 valence electrons. The first-order chi connectivity index (χ1) is 6.61. The van der Waals surface area contributed by atoms with Gasteiger partial charge in [-0.15, -0.1) is 0 Å². The van der Waals surface area contributed by atoms with Crippen molar-refractivity contribution in [2.24, 2.45) is 0 Å². The Kier molecular flexibility index (Phi) is 5.03. The smallest absolute Gasteiger partial charge is 0.145 e. The lowest BCUT2D eigenvalue weighted by Gasteiger charge is -2.10. The molecule has 0 fully saturated rings. The van der Waals surface area contributed by atoms with Gasteiger partial charge >= 0.3 is 0 Å². The van der Waals surface area contributed by atoms with Gasteiger partial charge in [0.05, 0.1) is 10.7 Å². The summed E-state index contributed by atoms with van der Waals surface area (Å²) in [5, 5.41) is 10.2. The number of hydrogen-bond donors (Lipinski definition) is 2. The minimum atomic E-state index is -0.499. The Morgan fingerprint density at radius 1 is 1.71 bits per heavy atom. The van der Waals surface area contributed by atoms with Crippen LogP contribution in [0.2, 0.25) is 5.02 Å². The molecule has 0 aromatic heterocycles. The van der Waals surface area contributed by atoms with Gasteiger partial charge in [0.25, 0.3) is 0 Å². The fraction of sp³-hybridized carbons (Fsp3) is 0. The Balaban J connectivity index is 3.35. The first-order valence-electron chi connectivity index (χ1n) is 3.41. The predicted octanol–water partition coefficient (Wildman–Crippen LogP) is 4.59. The Hall–Kier alpha value is 0.550. The molecule has 1 unspecified atom stereocenters. The van der Waals surface area contributed by atoms with Gasteiger partial charge < -0.3 is 10.5 Å². The van der Waals surface area contributed by atoms with Crippen LogP contribution in [0.4, 0.5) is 10.1 Å². The van der Waals surface area contributed by atoms with Gasteiger partial charge in [-0.1, -0.05) is 11.6 Å². The van der Waals surface area contributed by atoms with E-state index in [1.165, 1.54) is 6.07 Å². The van der Waals surface area contributed by atoms with Gasteiger partial charge in [0, 0.05) is 22.6 Å². The van der Waals surface area contributed by atoms with Gasteiger partial charge in [-0.2, -0.15) is 0 Å². The van der Waals surface area contributed by atoms with Crippen LogP contribution in [-0.2, 0) is 0 Å². The van der Waals surface area contributed by atoms with Crippen molar-refractivity contribution in [3.63, 3.8) is 0 Å². The number of halogens is 4. The van der Waals surface area contributed by atoms with Gasteiger partial charge in [-0.05, 0) is 44.0 Å². The molecule has 1 aromatic rings. The van der Waals surface area contributed by atoms with Crippen molar-refractivity contribution in [2.45, 2.75) is 0 Å². The van der Waals surface area contributed by atoms with Crippen LogP contribution in [0.3, 0.4) is 0 Å². The van der Waals surface area contributed by atoms with Crippen LogP contribution in [0.15, 0.2) is 10.5 Å². The number of rotatable bonds is 3. The van der Waals surface area contributed by atoms with Gasteiger partial charge in [0.2, 0.25) is 0 Å². The maximum absolute atomic E-state index is 13.2. The fourth-order valence-electron chi connectivity index (χ4n) is 0.905. The van der Waals surface area contributed by atoms with Gasteiger partial charge in [-0.25, -0.2) is 4.39 Å². The summed E-state index contributed by atoms with van der Waals surface area (Å²) in [4.78, 5) is 0. The topological polar surface area (TPSA) is 35.9 Å². The van der Waals surface area contributed by atoms with Crippen LogP contribution in [0.5, 0.6) is 0 Å². The molecule has 1 atom stereocenters. The Labute approximate surface area is 109 Å². The van der Waals surface area contributed by atoms with Crippen LogP contribution in [-0.4, -0.2) is 6.21 Å². The van der Waals surface area contributed by atoms with Crippen LogP contribution >= 0.6 is 55.9 Å². The Morgan fingerprint density at radius 2 is 2.36 bits per heavy atom. The molecule has 0 amide bonds. The fourth-order valence-corrected chi connectivity index (χ4v) is 2.76. The molecular formula is C7H5BrClFIN2P. The van der Waals surface area contributed by atoms with Crippen LogP contribution in [0.25, 0.3) is 0 Å². The number of benzene rings is 1. The number of anilines is 1. The van der Waals surface area contributed by atoms with E-state index in [0.29, 0.717) is 22.1 Å². The summed E-state index contributed by atoms with van der Waals surface area (Å²) in [5.41, 5.74) is 1.13. The Bertz CT molecular complexity index is 377. The lowest BCUT2D eigenvalue weighted by atomic mass is 10.2. The second-order valence-electron chi connectivity index (χ2n) is 2.31. The van der Waals surface area contributed by atoms with Crippen molar-refractivity contribution >= 4 is 67.8 Å².